The van der Waals surface area contributed by atoms with Crippen LogP contribution in [-0.4, -0.2) is 48.3 Å². The zero-order valence-electron chi connectivity index (χ0n) is 13.4. The monoisotopic (exact) mass is 316 g/mol. The standard InChI is InChI=1S/C16H24N6O/c23-16(15-10-17-20-18-15)7-3-8-21(12-16)11-13-6-9-22(19-13)14-4-1-2-5-14/h6,9-10,14,23H,1-5,7-8,11-12H2,(H,17,18,20)/t16-/m1/s1. The molecule has 0 bridgehead atoms. The maximum Gasteiger partial charge on any atom is 0.123 e. The van der Waals surface area contributed by atoms with Crippen molar-refractivity contribution in [3.63, 3.8) is 0 Å². The van der Waals surface area contributed by atoms with Crippen LogP contribution in [0, 0.1) is 0 Å². The maximum absolute atomic E-state index is 10.9. The molecule has 2 aromatic rings. The van der Waals surface area contributed by atoms with Crippen LogP contribution in [-0.2, 0) is 12.1 Å². The molecule has 2 N–H and O–H groups in total. The number of likely N-dealkylation sites (tertiary alicyclic amines) is 1. The van der Waals surface area contributed by atoms with Gasteiger partial charge < -0.3 is 5.11 Å². The number of rotatable bonds is 4. The summed E-state index contributed by atoms with van der Waals surface area (Å²) in [6.07, 6.45) is 10.5. The van der Waals surface area contributed by atoms with E-state index in [2.05, 4.69) is 37.3 Å². The predicted octanol–water partition coefficient (Wildman–Crippen LogP) is 1.60. The fraction of sp³-hybridized carbons (Fsp3) is 0.688. The van der Waals surface area contributed by atoms with E-state index in [9.17, 15) is 5.11 Å². The molecular formula is C16H24N6O. The summed E-state index contributed by atoms with van der Waals surface area (Å²) in [6.45, 7) is 2.34. The molecule has 1 aliphatic carbocycles. The van der Waals surface area contributed by atoms with Crippen LogP contribution in [0.4, 0.5) is 0 Å². The summed E-state index contributed by atoms with van der Waals surface area (Å²) in [4.78, 5) is 2.26. The molecule has 1 aliphatic heterocycles. The summed E-state index contributed by atoms with van der Waals surface area (Å²) >= 11 is 0. The third-order valence-corrected chi connectivity index (χ3v) is 5.19. The van der Waals surface area contributed by atoms with Crippen LogP contribution in [0.5, 0.6) is 0 Å². The van der Waals surface area contributed by atoms with Gasteiger partial charge in [-0.1, -0.05) is 12.8 Å². The summed E-state index contributed by atoms with van der Waals surface area (Å²) in [5, 5.41) is 26.1. The smallest absolute Gasteiger partial charge is 0.123 e. The first-order valence-corrected chi connectivity index (χ1v) is 8.58. The molecule has 2 fully saturated rings. The van der Waals surface area contributed by atoms with Gasteiger partial charge in [0.05, 0.1) is 17.9 Å². The van der Waals surface area contributed by atoms with Crippen LogP contribution in [0.25, 0.3) is 0 Å². The lowest BCUT2D eigenvalue weighted by Gasteiger charge is -2.37. The predicted molar refractivity (Wildman–Crippen MR) is 84.5 cm³/mol. The van der Waals surface area contributed by atoms with Crippen LogP contribution in [0.1, 0.15) is 56.0 Å². The van der Waals surface area contributed by atoms with Crippen LogP contribution in [0.3, 0.4) is 0 Å². The van der Waals surface area contributed by atoms with Crippen LogP contribution in [0.2, 0.25) is 0 Å². The second-order valence-corrected chi connectivity index (χ2v) is 6.93. The largest absolute Gasteiger partial charge is 0.382 e. The summed E-state index contributed by atoms with van der Waals surface area (Å²) in [5.41, 5.74) is 0.819. The fourth-order valence-electron chi connectivity index (χ4n) is 3.96. The molecule has 7 nitrogen and oxygen atoms in total. The number of H-pyrrole nitrogens is 1. The van der Waals surface area contributed by atoms with Crippen molar-refractivity contribution in [2.24, 2.45) is 0 Å². The molecule has 7 heteroatoms. The number of aromatic amines is 1. The van der Waals surface area contributed by atoms with Gasteiger partial charge in [0.25, 0.3) is 0 Å². The quantitative estimate of drug-likeness (QED) is 0.895. The zero-order valence-corrected chi connectivity index (χ0v) is 13.4. The van der Waals surface area contributed by atoms with Gasteiger partial charge in [-0.15, -0.1) is 0 Å². The molecule has 1 saturated carbocycles. The number of piperidine rings is 1. The van der Waals surface area contributed by atoms with E-state index in [1.165, 1.54) is 25.7 Å². The number of β-amino-alcohol motifs (C(OH)–C–C–N with tert-alkyl or cyclic N) is 1. The highest BCUT2D eigenvalue weighted by molar-refractivity contribution is 5.09. The molecule has 1 saturated heterocycles. The van der Waals surface area contributed by atoms with Crippen LogP contribution in [0.15, 0.2) is 18.5 Å². The fourth-order valence-corrected chi connectivity index (χ4v) is 3.96. The molecule has 0 amide bonds. The normalized spacial score (nSPS) is 26.8. The summed E-state index contributed by atoms with van der Waals surface area (Å²) in [7, 11) is 0. The highest BCUT2D eigenvalue weighted by Crippen LogP contribution is 2.31. The maximum atomic E-state index is 10.9. The van der Waals surface area contributed by atoms with Gasteiger partial charge in [0.15, 0.2) is 0 Å². The van der Waals surface area contributed by atoms with Crippen LogP contribution < -0.4 is 0 Å². The molecule has 0 radical (unpaired) electrons. The Labute approximate surface area is 135 Å². The highest BCUT2D eigenvalue weighted by Gasteiger charge is 2.37. The summed E-state index contributed by atoms with van der Waals surface area (Å²) in [6, 6.07) is 2.69. The first kappa shape index (κ1) is 14.8. The summed E-state index contributed by atoms with van der Waals surface area (Å²) < 4.78 is 2.14. The van der Waals surface area contributed by atoms with Crippen molar-refractivity contribution < 1.29 is 5.11 Å². The number of nitrogens with one attached hydrogen (secondary N) is 1. The van der Waals surface area contributed by atoms with Gasteiger partial charge in [0.1, 0.15) is 11.3 Å². The van der Waals surface area contributed by atoms with E-state index < -0.39 is 5.60 Å². The molecule has 4 rings (SSSR count). The molecular weight excluding hydrogens is 292 g/mol. The van der Waals surface area contributed by atoms with Gasteiger partial charge >= 0.3 is 0 Å². The van der Waals surface area contributed by atoms with E-state index in [1.54, 1.807) is 6.20 Å². The van der Waals surface area contributed by atoms with Crippen molar-refractivity contribution in [1.29, 1.82) is 0 Å². The van der Waals surface area contributed by atoms with Gasteiger partial charge in [0.2, 0.25) is 0 Å². The van der Waals surface area contributed by atoms with Crippen molar-refractivity contribution in [2.45, 2.75) is 56.7 Å². The first-order valence-electron chi connectivity index (χ1n) is 8.58. The third-order valence-electron chi connectivity index (χ3n) is 5.19. The van der Waals surface area contributed by atoms with E-state index in [-0.39, 0.29) is 0 Å². The zero-order chi connectivity index (χ0) is 15.7. The number of aliphatic hydroxyl groups is 1. The van der Waals surface area contributed by atoms with E-state index in [4.69, 9.17) is 5.10 Å². The highest BCUT2D eigenvalue weighted by atomic mass is 16.3. The Kier molecular flexibility index (Phi) is 3.90. The van der Waals surface area contributed by atoms with Gasteiger partial charge in [0, 0.05) is 19.3 Å². The second-order valence-electron chi connectivity index (χ2n) is 6.93. The Hall–Kier alpha value is -1.73. The lowest BCUT2D eigenvalue weighted by molar-refractivity contribution is -0.0417. The number of aromatic nitrogens is 5. The molecule has 2 aliphatic rings. The number of hydrogen-bond donors (Lipinski definition) is 2. The summed E-state index contributed by atoms with van der Waals surface area (Å²) in [5.74, 6) is 0. The molecule has 1 atom stereocenters. The molecule has 2 aromatic heterocycles. The van der Waals surface area contributed by atoms with Crippen molar-refractivity contribution >= 4 is 0 Å². The van der Waals surface area contributed by atoms with E-state index in [1.807, 2.05) is 0 Å². The van der Waals surface area contributed by atoms with Gasteiger partial charge in [-0.25, -0.2) is 0 Å². The lowest BCUT2D eigenvalue weighted by Crippen LogP contribution is -2.46. The van der Waals surface area contributed by atoms with Crippen molar-refractivity contribution in [1.82, 2.24) is 30.1 Å². The molecule has 0 spiro atoms. The SMILES string of the molecule is O[C@]1(c2cn[nH]n2)CCCN(Cc2ccn(C3CCCC3)n2)C1. The van der Waals surface area contributed by atoms with Crippen molar-refractivity contribution in [2.75, 3.05) is 13.1 Å². The Morgan fingerprint density at radius 2 is 2.17 bits per heavy atom. The number of nitrogens with zero attached hydrogens (tertiary/aromatic N) is 5. The molecule has 23 heavy (non-hydrogen) atoms. The van der Waals surface area contributed by atoms with E-state index >= 15 is 0 Å². The Bertz CT molecular complexity index is 633. The molecule has 0 unspecified atom stereocenters. The molecule has 0 aromatic carbocycles. The number of hydrogen-bond acceptors (Lipinski definition) is 5. The van der Waals surface area contributed by atoms with Gasteiger partial charge in [-0.2, -0.15) is 20.5 Å². The van der Waals surface area contributed by atoms with Crippen molar-refractivity contribution in [3.8, 4) is 0 Å². The van der Waals surface area contributed by atoms with Crippen molar-refractivity contribution in [3.05, 3.63) is 29.8 Å². The molecule has 124 valence electrons. The van der Waals surface area contributed by atoms with E-state index in [0.29, 0.717) is 18.3 Å². The average molecular weight is 316 g/mol. The minimum atomic E-state index is -0.904. The van der Waals surface area contributed by atoms with E-state index in [0.717, 1.165) is 31.6 Å². The third kappa shape index (κ3) is 3.03. The Morgan fingerprint density at radius 1 is 1.30 bits per heavy atom. The second kappa shape index (κ2) is 6.05. The Balaban J connectivity index is 1.42. The minimum absolute atomic E-state index is 0.579. The van der Waals surface area contributed by atoms with Crippen LogP contribution >= 0.6 is 0 Å². The first-order chi connectivity index (χ1) is 11.2. The topological polar surface area (TPSA) is 82.9 Å². The minimum Gasteiger partial charge on any atom is -0.382 e. The average Bonchev–Trinajstić information content (AvgIpc) is 3.29. The Morgan fingerprint density at radius 3 is 2.96 bits per heavy atom. The molecule has 3 heterocycles. The van der Waals surface area contributed by atoms with Gasteiger partial charge in [-0.05, 0) is 38.3 Å². The lowest BCUT2D eigenvalue weighted by atomic mass is 9.90. The van der Waals surface area contributed by atoms with Gasteiger partial charge in [-0.3, -0.25) is 9.58 Å².